The first kappa shape index (κ1) is 24.2. The van der Waals surface area contributed by atoms with Crippen molar-refractivity contribution < 1.29 is 19.4 Å². The van der Waals surface area contributed by atoms with Crippen LogP contribution in [0.3, 0.4) is 0 Å². The van der Waals surface area contributed by atoms with E-state index in [9.17, 15) is 14.7 Å². The molecule has 3 aromatic carbocycles. The van der Waals surface area contributed by atoms with Crippen molar-refractivity contribution in [3.8, 4) is 11.1 Å². The predicted octanol–water partition coefficient (Wildman–Crippen LogP) is 4.52. The van der Waals surface area contributed by atoms with Gasteiger partial charge in [0, 0.05) is 25.6 Å². The molecule has 2 fully saturated rings. The first-order valence-electron chi connectivity index (χ1n) is 12.7. The van der Waals surface area contributed by atoms with Crippen LogP contribution in [0.25, 0.3) is 11.1 Å². The molecule has 0 aliphatic carbocycles. The predicted molar refractivity (Wildman–Crippen MR) is 139 cm³/mol. The lowest BCUT2D eigenvalue weighted by Crippen LogP contribution is -2.47. The first-order chi connectivity index (χ1) is 17.6. The number of hydrogen-bond acceptors (Lipinski definition) is 4. The number of aromatic carboxylic acids is 1. The minimum Gasteiger partial charge on any atom is -0.478 e. The number of nitrogens with one attached hydrogen (secondary N) is 1. The summed E-state index contributed by atoms with van der Waals surface area (Å²) in [6.07, 6.45) is 0.859. The van der Waals surface area contributed by atoms with Crippen molar-refractivity contribution in [2.45, 2.75) is 25.3 Å². The molecular weight excluding hydrogens is 452 g/mol. The van der Waals surface area contributed by atoms with E-state index >= 15 is 0 Å². The number of aryl methyl sites for hydroxylation is 1. The van der Waals surface area contributed by atoms with Crippen LogP contribution < -0.4 is 5.32 Å². The summed E-state index contributed by atoms with van der Waals surface area (Å²) in [6, 6.07) is 23.4. The highest BCUT2D eigenvalue weighted by Crippen LogP contribution is 2.40. The molecule has 2 aliphatic heterocycles. The van der Waals surface area contributed by atoms with E-state index in [4.69, 9.17) is 4.74 Å². The Morgan fingerprint density at radius 1 is 1.00 bits per heavy atom. The van der Waals surface area contributed by atoms with Crippen molar-refractivity contribution >= 4 is 11.9 Å². The Bertz CT molecular complexity index is 1230. The zero-order valence-corrected chi connectivity index (χ0v) is 20.5. The molecule has 3 aromatic rings. The fourth-order valence-electron chi connectivity index (χ4n) is 5.68. The summed E-state index contributed by atoms with van der Waals surface area (Å²) in [5.74, 6) is -0.922. The quantitative estimate of drug-likeness (QED) is 0.538. The Morgan fingerprint density at radius 2 is 1.78 bits per heavy atom. The van der Waals surface area contributed by atoms with Crippen LogP contribution in [0, 0.1) is 5.92 Å². The molecule has 0 radical (unpaired) electrons. The third kappa shape index (κ3) is 4.66. The van der Waals surface area contributed by atoms with E-state index < -0.39 is 5.97 Å². The van der Waals surface area contributed by atoms with Gasteiger partial charge < -0.3 is 20.1 Å². The summed E-state index contributed by atoms with van der Waals surface area (Å²) in [6.45, 7) is 5.15. The number of amides is 1. The summed E-state index contributed by atoms with van der Waals surface area (Å²) in [5, 5.41) is 12.8. The SMILES string of the molecule is CCc1cccc(-c2ccc(C(=O)O)cc2)c1[C@@H]1CNC[C@H]1C(=O)N1CCOC[C@@H]1c1ccccc1. The summed E-state index contributed by atoms with van der Waals surface area (Å²) in [7, 11) is 0. The molecule has 2 aliphatic rings. The van der Waals surface area contributed by atoms with Crippen molar-refractivity contribution in [1.29, 1.82) is 0 Å². The van der Waals surface area contributed by atoms with Gasteiger partial charge in [-0.3, -0.25) is 4.79 Å². The molecule has 3 atom stereocenters. The summed E-state index contributed by atoms with van der Waals surface area (Å²) < 4.78 is 5.78. The van der Waals surface area contributed by atoms with E-state index in [1.807, 2.05) is 35.2 Å². The maximum absolute atomic E-state index is 14.1. The normalized spacial score (nSPS) is 21.9. The highest BCUT2D eigenvalue weighted by atomic mass is 16.5. The molecule has 1 amide bonds. The van der Waals surface area contributed by atoms with Crippen LogP contribution in [0.1, 0.15) is 45.9 Å². The smallest absolute Gasteiger partial charge is 0.335 e. The van der Waals surface area contributed by atoms with E-state index in [1.54, 1.807) is 12.1 Å². The Labute approximate surface area is 211 Å². The molecule has 2 heterocycles. The number of carboxylic acid groups (broad SMARTS) is 1. The maximum Gasteiger partial charge on any atom is 0.335 e. The lowest BCUT2D eigenvalue weighted by Gasteiger charge is -2.38. The molecule has 0 saturated carbocycles. The first-order valence-corrected chi connectivity index (χ1v) is 12.7. The van der Waals surface area contributed by atoms with Crippen LogP contribution in [-0.2, 0) is 16.0 Å². The van der Waals surface area contributed by atoms with Crippen LogP contribution in [-0.4, -0.2) is 54.7 Å². The van der Waals surface area contributed by atoms with E-state index in [0.29, 0.717) is 26.3 Å². The lowest BCUT2D eigenvalue weighted by atomic mass is 9.80. The lowest BCUT2D eigenvalue weighted by molar-refractivity contribution is -0.144. The van der Waals surface area contributed by atoms with Crippen molar-refractivity contribution in [3.05, 3.63) is 95.1 Å². The van der Waals surface area contributed by atoms with Crippen LogP contribution in [0.4, 0.5) is 0 Å². The average molecular weight is 485 g/mol. The number of benzene rings is 3. The van der Waals surface area contributed by atoms with Gasteiger partial charge in [0.25, 0.3) is 0 Å². The van der Waals surface area contributed by atoms with Gasteiger partial charge in [0.1, 0.15) is 0 Å². The van der Waals surface area contributed by atoms with E-state index in [2.05, 4.69) is 42.6 Å². The Balaban J connectivity index is 1.50. The molecule has 186 valence electrons. The Hall–Kier alpha value is -3.48. The molecule has 6 heteroatoms. The standard InChI is InChI=1S/C30H32N2O4/c1-2-20-9-6-10-24(21-11-13-23(14-12-21)30(34)35)28(20)25-17-31-18-26(25)29(33)32-15-16-36-19-27(32)22-7-4-3-5-8-22/h3-14,25-27,31H,2,15-19H2,1H3,(H,34,35)/t25-,26-,27-/m1/s1. The van der Waals surface area contributed by atoms with Gasteiger partial charge in [0.15, 0.2) is 0 Å². The summed E-state index contributed by atoms with van der Waals surface area (Å²) >= 11 is 0. The molecule has 36 heavy (non-hydrogen) atoms. The highest BCUT2D eigenvalue weighted by molar-refractivity contribution is 5.88. The zero-order chi connectivity index (χ0) is 25.1. The number of ether oxygens (including phenoxy) is 1. The summed E-state index contributed by atoms with van der Waals surface area (Å²) in [5.41, 5.74) is 5.82. The minimum absolute atomic E-state index is 0.0297. The Kier molecular flexibility index (Phi) is 7.16. The number of carbonyl (C=O) groups excluding carboxylic acids is 1. The van der Waals surface area contributed by atoms with Crippen LogP contribution in [0.15, 0.2) is 72.8 Å². The second-order valence-electron chi connectivity index (χ2n) is 9.52. The van der Waals surface area contributed by atoms with Crippen molar-refractivity contribution in [3.63, 3.8) is 0 Å². The third-order valence-corrected chi connectivity index (χ3v) is 7.52. The molecule has 6 nitrogen and oxygen atoms in total. The average Bonchev–Trinajstić information content (AvgIpc) is 3.42. The van der Waals surface area contributed by atoms with Gasteiger partial charge >= 0.3 is 5.97 Å². The number of morpholine rings is 1. The van der Waals surface area contributed by atoms with Crippen molar-refractivity contribution in [1.82, 2.24) is 10.2 Å². The number of carboxylic acids is 1. The number of carbonyl (C=O) groups is 2. The molecular formula is C30H32N2O4. The maximum atomic E-state index is 14.1. The van der Waals surface area contributed by atoms with E-state index in [0.717, 1.165) is 29.7 Å². The van der Waals surface area contributed by atoms with E-state index in [1.165, 1.54) is 11.1 Å². The number of nitrogens with zero attached hydrogens (tertiary/aromatic N) is 1. The van der Waals surface area contributed by atoms with E-state index in [-0.39, 0.29) is 29.3 Å². The van der Waals surface area contributed by atoms with Crippen LogP contribution in [0.2, 0.25) is 0 Å². The zero-order valence-electron chi connectivity index (χ0n) is 20.5. The van der Waals surface area contributed by atoms with Gasteiger partial charge in [0.2, 0.25) is 5.91 Å². The summed E-state index contributed by atoms with van der Waals surface area (Å²) in [4.78, 5) is 27.5. The van der Waals surface area contributed by atoms with Gasteiger partial charge in [-0.2, -0.15) is 0 Å². The Morgan fingerprint density at radius 3 is 2.50 bits per heavy atom. The second-order valence-corrected chi connectivity index (χ2v) is 9.52. The van der Waals surface area contributed by atoms with Crippen molar-refractivity contribution in [2.24, 2.45) is 5.92 Å². The number of rotatable bonds is 6. The molecule has 0 spiro atoms. The van der Waals surface area contributed by atoms with Gasteiger partial charge in [-0.25, -0.2) is 4.79 Å². The van der Waals surface area contributed by atoms with Crippen molar-refractivity contribution in [2.75, 3.05) is 32.8 Å². The largest absolute Gasteiger partial charge is 0.478 e. The fraction of sp³-hybridized carbons (Fsp3) is 0.333. The fourth-order valence-corrected chi connectivity index (χ4v) is 5.68. The third-order valence-electron chi connectivity index (χ3n) is 7.52. The molecule has 5 rings (SSSR count). The van der Waals surface area contributed by atoms with Gasteiger partial charge in [0.05, 0.1) is 30.7 Å². The van der Waals surface area contributed by atoms with Gasteiger partial charge in [-0.1, -0.05) is 67.6 Å². The molecule has 0 unspecified atom stereocenters. The molecule has 0 aromatic heterocycles. The van der Waals surface area contributed by atoms with Crippen LogP contribution >= 0.6 is 0 Å². The molecule has 2 N–H and O–H groups in total. The van der Waals surface area contributed by atoms with Gasteiger partial charge in [-0.15, -0.1) is 0 Å². The second kappa shape index (κ2) is 10.6. The number of hydrogen-bond donors (Lipinski definition) is 2. The monoisotopic (exact) mass is 484 g/mol. The highest BCUT2D eigenvalue weighted by Gasteiger charge is 2.41. The van der Waals surface area contributed by atoms with Crippen LogP contribution in [0.5, 0.6) is 0 Å². The minimum atomic E-state index is -0.937. The molecule has 0 bridgehead atoms. The molecule has 2 saturated heterocycles. The van der Waals surface area contributed by atoms with Gasteiger partial charge in [-0.05, 0) is 46.4 Å². The topological polar surface area (TPSA) is 78.9 Å².